The van der Waals surface area contributed by atoms with Gasteiger partial charge in [0.1, 0.15) is 0 Å². The van der Waals surface area contributed by atoms with Crippen LogP contribution < -0.4 is 4.90 Å². The molecule has 0 amide bonds. The van der Waals surface area contributed by atoms with Crippen LogP contribution in [0.15, 0.2) is 18.2 Å². The molecule has 1 aromatic carbocycles. The van der Waals surface area contributed by atoms with E-state index in [0.29, 0.717) is 6.04 Å². The minimum Gasteiger partial charge on any atom is -0.371 e. The maximum Gasteiger partial charge on any atom is 0.0642 e. The average Bonchev–Trinajstić information content (AvgIpc) is 2.17. The maximum absolute atomic E-state index is 6.26. The first-order valence-corrected chi connectivity index (χ1v) is 5.95. The topological polar surface area (TPSA) is 3.24 Å². The number of nitrogens with zero attached hydrogens (tertiary/aromatic N) is 1. The molecule has 15 heavy (non-hydrogen) atoms. The van der Waals surface area contributed by atoms with Crippen molar-refractivity contribution in [2.24, 2.45) is 0 Å². The molecule has 0 spiro atoms. The average molecular weight is 226 g/mol. The highest BCUT2D eigenvalue weighted by molar-refractivity contribution is 6.33. The van der Waals surface area contributed by atoms with E-state index in [4.69, 9.17) is 11.6 Å². The van der Waals surface area contributed by atoms with Gasteiger partial charge in [0.05, 0.1) is 10.7 Å². The predicted molar refractivity (Wildman–Crippen MR) is 69.0 cm³/mol. The SMILES string of the molecule is CCCc1ccc(N(C)C(C)C)c(Cl)c1. The standard InChI is InChI=1S/C13H20ClN/c1-5-6-11-7-8-13(12(14)9-11)15(4)10(2)3/h7-10H,5-6H2,1-4H3. The third-order valence-corrected chi connectivity index (χ3v) is 3.01. The molecule has 0 heterocycles. The Morgan fingerprint density at radius 2 is 2.00 bits per heavy atom. The zero-order chi connectivity index (χ0) is 11.4. The summed E-state index contributed by atoms with van der Waals surface area (Å²) in [5.41, 5.74) is 2.44. The summed E-state index contributed by atoms with van der Waals surface area (Å²) in [5.74, 6) is 0. The van der Waals surface area contributed by atoms with Gasteiger partial charge < -0.3 is 4.90 Å². The monoisotopic (exact) mass is 225 g/mol. The number of anilines is 1. The molecular weight excluding hydrogens is 206 g/mol. The lowest BCUT2D eigenvalue weighted by molar-refractivity contribution is 0.754. The van der Waals surface area contributed by atoms with Crippen LogP contribution in [-0.2, 0) is 6.42 Å². The Morgan fingerprint density at radius 1 is 1.33 bits per heavy atom. The molecule has 0 saturated heterocycles. The van der Waals surface area contributed by atoms with Crippen LogP contribution in [0.5, 0.6) is 0 Å². The highest BCUT2D eigenvalue weighted by Gasteiger charge is 2.09. The maximum atomic E-state index is 6.26. The first-order chi connectivity index (χ1) is 7.06. The van der Waals surface area contributed by atoms with Crippen molar-refractivity contribution in [3.8, 4) is 0 Å². The molecule has 0 unspecified atom stereocenters. The zero-order valence-corrected chi connectivity index (χ0v) is 10.8. The van der Waals surface area contributed by atoms with Crippen LogP contribution in [0.2, 0.25) is 5.02 Å². The molecule has 0 radical (unpaired) electrons. The van der Waals surface area contributed by atoms with Crippen molar-refractivity contribution < 1.29 is 0 Å². The molecule has 0 fully saturated rings. The van der Waals surface area contributed by atoms with Crippen LogP contribution in [-0.4, -0.2) is 13.1 Å². The van der Waals surface area contributed by atoms with Crippen molar-refractivity contribution in [2.45, 2.75) is 39.7 Å². The van der Waals surface area contributed by atoms with Gasteiger partial charge in [-0.3, -0.25) is 0 Å². The normalized spacial score (nSPS) is 10.8. The fourth-order valence-electron chi connectivity index (χ4n) is 1.56. The lowest BCUT2D eigenvalue weighted by Crippen LogP contribution is -2.25. The number of aryl methyl sites for hydroxylation is 1. The lowest BCUT2D eigenvalue weighted by atomic mass is 10.1. The Kier molecular flexibility index (Phi) is 4.46. The van der Waals surface area contributed by atoms with Crippen LogP contribution >= 0.6 is 11.6 Å². The van der Waals surface area contributed by atoms with E-state index >= 15 is 0 Å². The van der Waals surface area contributed by atoms with Gasteiger partial charge in [-0.2, -0.15) is 0 Å². The molecular formula is C13H20ClN. The molecule has 0 N–H and O–H groups in total. The molecule has 0 aromatic heterocycles. The summed E-state index contributed by atoms with van der Waals surface area (Å²) in [6.07, 6.45) is 2.26. The van der Waals surface area contributed by atoms with Crippen molar-refractivity contribution >= 4 is 17.3 Å². The van der Waals surface area contributed by atoms with Gasteiger partial charge in [-0.15, -0.1) is 0 Å². The number of rotatable bonds is 4. The summed E-state index contributed by atoms with van der Waals surface area (Å²) < 4.78 is 0. The largest absolute Gasteiger partial charge is 0.371 e. The van der Waals surface area contributed by atoms with Gasteiger partial charge in [0, 0.05) is 13.1 Å². The van der Waals surface area contributed by atoms with Gasteiger partial charge in [0.15, 0.2) is 0 Å². The smallest absolute Gasteiger partial charge is 0.0642 e. The van der Waals surface area contributed by atoms with Gasteiger partial charge in [0.25, 0.3) is 0 Å². The molecule has 0 aliphatic rings. The van der Waals surface area contributed by atoms with E-state index in [1.54, 1.807) is 0 Å². The fourth-order valence-corrected chi connectivity index (χ4v) is 1.90. The van der Waals surface area contributed by atoms with Crippen LogP contribution in [0, 0.1) is 0 Å². The molecule has 0 bridgehead atoms. The zero-order valence-electron chi connectivity index (χ0n) is 10.0. The molecule has 1 aromatic rings. The number of hydrogen-bond acceptors (Lipinski definition) is 1. The van der Waals surface area contributed by atoms with E-state index in [-0.39, 0.29) is 0 Å². The first kappa shape index (κ1) is 12.4. The van der Waals surface area contributed by atoms with E-state index < -0.39 is 0 Å². The van der Waals surface area contributed by atoms with E-state index in [1.165, 1.54) is 5.56 Å². The predicted octanol–water partition coefficient (Wildman–Crippen LogP) is 4.14. The van der Waals surface area contributed by atoms with Crippen LogP contribution in [0.4, 0.5) is 5.69 Å². The molecule has 0 aliphatic carbocycles. The van der Waals surface area contributed by atoms with Crippen molar-refractivity contribution in [3.05, 3.63) is 28.8 Å². The van der Waals surface area contributed by atoms with Gasteiger partial charge >= 0.3 is 0 Å². The minimum atomic E-state index is 0.472. The van der Waals surface area contributed by atoms with Crippen LogP contribution in [0.25, 0.3) is 0 Å². The van der Waals surface area contributed by atoms with Crippen LogP contribution in [0.1, 0.15) is 32.8 Å². The Balaban J connectivity index is 2.92. The van der Waals surface area contributed by atoms with Crippen molar-refractivity contribution in [3.63, 3.8) is 0 Å². The second kappa shape index (κ2) is 5.41. The third-order valence-electron chi connectivity index (χ3n) is 2.71. The van der Waals surface area contributed by atoms with Crippen molar-refractivity contribution in [1.29, 1.82) is 0 Å². The Bertz CT molecular complexity index is 320. The quantitative estimate of drug-likeness (QED) is 0.745. The molecule has 0 aliphatic heterocycles. The van der Waals surface area contributed by atoms with Gasteiger partial charge in [-0.25, -0.2) is 0 Å². The number of benzene rings is 1. The number of hydrogen-bond donors (Lipinski definition) is 0. The number of halogens is 1. The molecule has 0 atom stereocenters. The Labute approximate surface area is 98.0 Å². The van der Waals surface area contributed by atoms with Gasteiger partial charge in [0.2, 0.25) is 0 Å². The van der Waals surface area contributed by atoms with E-state index in [0.717, 1.165) is 23.6 Å². The summed E-state index contributed by atoms with van der Waals surface area (Å²) >= 11 is 6.26. The molecule has 0 saturated carbocycles. The van der Waals surface area contributed by atoms with E-state index in [1.807, 2.05) is 0 Å². The van der Waals surface area contributed by atoms with Gasteiger partial charge in [-0.05, 0) is 38.0 Å². The summed E-state index contributed by atoms with van der Waals surface area (Å²) in [7, 11) is 2.07. The highest BCUT2D eigenvalue weighted by atomic mass is 35.5. The van der Waals surface area contributed by atoms with Gasteiger partial charge in [-0.1, -0.05) is 31.0 Å². The molecule has 84 valence electrons. The molecule has 2 heteroatoms. The second-order valence-electron chi connectivity index (χ2n) is 4.24. The summed E-state index contributed by atoms with van der Waals surface area (Å²) in [5, 5.41) is 0.858. The summed E-state index contributed by atoms with van der Waals surface area (Å²) in [4.78, 5) is 2.19. The lowest BCUT2D eigenvalue weighted by Gasteiger charge is -2.25. The van der Waals surface area contributed by atoms with Crippen LogP contribution in [0.3, 0.4) is 0 Å². The molecule has 1 nitrogen and oxygen atoms in total. The Hall–Kier alpha value is -0.690. The summed E-state index contributed by atoms with van der Waals surface area (Å²) in [6.45, 7) is 6.51. The van der Waals surface area contributed by atoms with E-state index in [9.17, 15) is 0 Å². The second-order valence-corrected chi connectivity index (χ2v) is 4.65. The Morgan fingerprint density at radius 3 is 2.47 bits per heavy atom. The third kappa shape index (κ3) is 3.13. The highest BCUT2D eigenvalue weighted by Crippen LogP contribution is 2.27. The van der Waals surface area contributed by atoms with E-state index in [2.05, 4.69) is 50.9 Å². The minimum absolute atomic E-state index is 0.472. The molecule has 1 rings (SSSR count). The fraction of sp³-hybridized carbons (Fsp3) is 0.538. The summed E-state index contributed by atoms with van der Waals surface area (Å²) in [6, 6.07) is 6.84. The van der Waals surface area contributed by atoms with Crippen molar-refractivity contribution in [1.82, 2.24) is 0 Å². The first-order valence-electron chi connectivity index (χ1n) is 5.57. The van der Waals surface area contributed by atoms with Crippen molar-refractivity contribution in [2.75, 3.05) is 11.9 Å².